The average Bonchev–Trinajstić information content (AvgIpc) is 2.67. The number of ether oxygens (including phenoxy) is 1. The second-order valence-electron chi connectivity index (χ2n) is 6.76. The van der Waals surface area contributed by atoms with Gasteiger partial charge in [0.15, 0.2) is 5.76 Å². The molecule has 0 saturated carbocycles. The molecule has 0 aliphatic rings. The SMILES string of the molecule is COc1c(-c2ccc(O)cc2)oc2cc(O)c(CCC(C)CO)c(O)c2c1=O. The normalized spacial score (nSPS) is 12.2. The van der Waals surface area contributed by atoms with Crippen molar-refractivity contribution in [3.8, 4) is 34.3 Å². The van der Waals surface area contributed by atoms with Crippen LogP contribution in [0.3, 0.4) is 0 Å². The molecule has 4 N–H and O–H groups in total. The van der Waals surface area contributed by atoms with Crippen molar-refractivity contribution in [2.24, 2.45) is 5.92 Å². The summed E-state index contributed by atoms with van der Waals surface area (Å²) in [4.78, 5) is 13.0. The van der Waals surface area contributed by atoms with Gasteiger partial charge in [0, 0.05) is 23.8 Å². The second kappa shape index (κ2) is 7.82. The molecule has 0 amide bonds. The van der Waals surface area contributed by atoms with Crippen molar-refractivity contribution in [3.63, 3.8) is 0 Å². The molecule has 0 spiro atoms. The van der Waals surface area contributed by atoms with Gasteiger partial charge < -0.3 is 29.6 Å². The van der Waals surface area contributed by atoms with Gasteiger partial charge in [-0.05, 0) is 43.0 Å². The smallest absolute Gasteiger partial charge is 0.239 e. The summed E-state index contributed by atoms with van der Waals surface area (Å²) in [6, 6.07) is 7.30. The molecule has 28 heavy (non-hydrogen) atoms. The van der Waals surface area contributed by atoms with Crippen LogP contribution in [0.1, 0.15) is 18.9 Å². The third-order valence-corrected chi connectivity index (χ3v) is 4.73. The Morgan fingerprint density at radius 1 is 1.14 bits per heavy atom. The first-order valence-electron chi connectivity index (χ1n) is 8.86. The average molecular weight is 386 g/mol. The van der Waals surface area contributed by atoms with Gasteiger partial charge in [0.25, 0.3) is 0 Å². The van der Waals surface area contributed by atoms with Crippen LogP contribution in [0.4, 0.5) is 0 Å². The van der Waals surface area contributed by atoms with Crippen LogP contribution in [0.5, 0.6) is 23.0 Å². The second-order valence-corrected chi connectivity index (χ2v) is 6.76. The van der Waals surface area contributed by atoms with E-state index in [1.165, 1.54) is 25.3 Å². The summed E-state index contributed by atoms with van der Waals surface area (Å²) in [5.41, 5.74) is 0.164. The fourth-order valence-electron chi connectivity index (χ4n) is 3.06. The van der Waals surface area contributed by atoms with Crippen LogP contribution >= 0.6 is 0 Å². The number of methoxy groups -OCH3 is 1. The van der Waals surface area contributed by atoms with E-state index in [-0.39, 0.29) is 64.2 Å². The van der Waals surface area contributed by atoms with Crippen LogP contribution in [-0.2, 0) is 6.42 Å². The minimum atomic E-state index is -0.569. The van der Waals surface area contributed by atoms with E-state index >= 15 is 0 Å². The van der Waals surface area contributed by atoms with Crippen molar-refractivity contribution in [1.29, 1.82) is 0 Å². The lowest BCUT2D eigenvalue weighted by Crippen LogP contribution is -2.09. The molecule has 7 nitrogen and oxygen atoms in total. The van der Waals surface area contributed by atoms with Gasteiger partial charge in [-0.2, -0.15) is 0 Å². The number of hydrogen-bond donors (Lipinski definition) is 4. The Kier molecular flexibility index (Phi) is 5.46. The summed E-state index contributed by atoms with van der Waals surface area (Å²) in [6.45, 7) is 1.83. The van der Waals surface area contributed by atoms with Crippen molar-refractivity contribution < 1.29 is 29.6 Å². The molecule has 7 heteroatoms. The minimum Gasteiger partial charge on any atom is -0.508 e. The molecule has 1 heterocycles. The Morgan fingerprint density at radius 2 is 1.82 bits per heavy atom. The van der Waals surface area contributed by atoms with E-state index in [1.807, 2.05) is 6.92 Å². The molecule has 0 bridgehead atoms. The van der Waals surface area contributed by atoms with Gasteiger partial charge in [0.1, 0.15) is 28.2 Å². The Balaban J connectivity index is 2.21. The lowest BCUT2D eigenvalue weighted by atomic mass is 9.98. The Bertz CT molecular complexity index is 1050. The standard InChI is InChI=1S/C21H22O7/c1-11(10-22)3-8-14-15(24)9-16-17(18(14)25)19(26)21(27-2)20(28-16)12-4-6-13(23)7-5-12/h4-7,9,11,22-25H,3,8,10H2,1-2H3. The highest BCUT2D eigenvalue weighted by Crippen LogP contribution is 2.39. The van der Waals surface area contributed by atoms with Gasteiger partial charge in [0.05, 0.1) is 7.11 Å². The summed E-state index contributed by atoms with van der Waals surface area (Å²) < 4.78 is 11.0. The fraction of sp³-hybridized carbons (Fsp3) is 0.286. The zero-order chi connectivity index (χ0) is 20.4. The first-order chi connectivity index (χ1) is 13.4. The number of aliphatic hydroxyl groups is 1. The zero-order valence-electron chi connectivity index (χ0n) is 15.6. The van der Waals surface area contributed by atoms with E-state index < -0.39 is 5.43 Å². The molecule has 2 aromatic carbocycles. The maximum absolute atomic E-state index is 13.0. The van der Waals surface area contributed by atoms with Crippen LogP contribution in [0.2, 0.25) is 0 Å². The van der Waals surface area contributed by atoms with Gasteiger partial charge >= 0.3 is 0 Å². The number of rotatable bonds is 6. The number of fused-ring (bicyclic) bond motifs is 1. The third-order valence-electron chi connectivity index (χ3n) is 4.73. The van der Waals surface area contributed by atoms with Crippen molar-refractivity contribution in [2.75, 3.05) is 13.7 Å². The topological polar surface area (TPSA) is 120 Å². The maximum atomic E-state index is 13.0. The molecule has 1 unspecified atom stereocenters. The Morgan fingerprint density at radius 3 is 2.43 bits per heavy atom. The molecule has 0 saturated heterocycles. The van der Waals surface area contributed by atoms with Gasteiger partial charge in [-0.15, -0.1) is 0 Å². The highest BCUT2D eigenvalue weighted by molar-refractivity contribution is 5.90. The van der Waals surface area contributed by atoms with Crippen molar-refractivity contribution in [1.82, 2.24) is 0 Å². The maximum Gasteiger partial charge on any atom is 0.239 e. The largest absolute Gasteiger partial charge is 0.508 e. The number of aliphatic hydroxyl groups excluding tert-OH is 1. The van der Waals surface area contributed by atoms with Gasteiger partial charge in [-0.1, -0.05) is 6.92 Å². The van der Waals surface area contributed by atoms with Crippen LogP contribution in [0.25, 0.3) is 22.3 Å². The van der Waals surface area contributed by atoms with Gasteiger partial charge in [-0.25, -0.2) is 0 Å². The van der Waals surface area contributed by atoms with Gasteiger partial charge in [0.2, 0.25) is 11.2 Å². The predicted octanol–water partition coefficient (Wildman–Crippen LogP) is 3.15. The Hall–Kier alpha value is -3.19. The lowest BCUT2D eigenvalue weighted by molar-refractivity contribution is 0.230. The quantitative estimate of drug-likeness (QED) is 0.513. The van der Waals surface area contributed by atoms with Crippen LogP contribution in [-0.4, -0.2) is 34.1 Å². The highest BCUT2D eigenvalue weighted by atomic mass is 16.5. The van der Waals surface area contributed by atoms with E-state index in [0.717, 1.165) is 0 Å². The third kappa shape index (κ3) is 3.48. The lowest BCUT2D eigenvalue weighted by Gasteiger charge is -2.14. The highest BCUT2D eigenvalue weighted by Gasteiger charge is 2.23. The van der Waals surface area contributed by atoms with E-state index in [4.69, 9.17) is 14.3 Å². The molecule has 0 radical (unpaired) electrons. The Labute approximate surface area is 161 Å². The molecule has 0 aliphatic heterocycles. The molecule has 1 atom stereocenters. The van der Waals surface area contributed by atoms with Gasteiger partial charge in [-0.3, -0.25) is 4.79 Å². The molecule has 0 aliphatic carbocycles. The summed E-state index contributed by atoms with van der Waals surface area (Å²) >= 11 is 0. The van der Waals surface area contributed by atoms with Crippen LogP contribution < -0.4 is 10.2 Å². The molecular weight excluding hydrogens is 364 g/mol. The van der Waals surface area contributed by atoms with E-state index in [2.05, 4.69) is 0 Å². The van der Waals surface area contributed by atoms with Crippen LogP contribution in [0, 0.1) is 5.92 Å². The van der Waals surface area contributed by atoms with E-state index in [9.17, 15) is 20.1 Å². The molecule has 3 aromatic rings. The predicted molar refractivity (Wildman–Crippen MR) is 104 cm³/mol. The molecule has 3 rings (SSSR count). The number of phenols is 3. The summed E-state index contributed by atoms with van der Waals surface area (Å²) in [5.74, 6) is -0.473. The summed E-state index contributed by atoms with van der Waals surface area (Å²) in [6.07, 6.45) is 0.813. The molecular formula is C21H22O7. The van der Waals surface area contributed by atoms with E-state index in [0.29, 0.717) is 12.0 Å². The van der Waals surface area contributed by atoms with Crippen molar-refractivity contribution >= 4 is 11.0 Å². The number of benzene rings is 2. The van der Waals surface area contributed by atoms with Crippen molar-refractivity contribution in [3.05, 3.63) is 46.1 Å². The van der Waals surface area contributed by atoms with Crippen LogP contribution in [0.15, 0.2) is 39.5 Å². The zero-order valence-corrected chi connectivity index (χ0v) is 15.6. The number of phenolic OH excluding ortho intramolecular Hbond substituents is 3. The number of aromatic hydroxyl groups is 3. The minimum absolute atomic E-state index is 0.0128. The van der Waals surface area contributed by atoms with Crippen molar-refractivity contribution in [2.45, 2.75) is 19.8 Å². The summed E-state index contributed by atoms with van der Waals surface area (Å²) in [7, 11) is 1.32. The first-order valence-corrected chi connectivity index (χ1v) is 8.86. The fourth-order valence-corrected chi connectivity index (χ4v) is 3.06. The molecule has 1 aromatic heterocycles. The summed E-state index contributed by atoms with van der Waals surface area (Å²) in [5, 5.41) is 39.5. The molecule has 0 fully saturated rings. The first kappa shape index (κ1) is 19.6. The monoisotopic (exact) mass is 386 g/mol. The number of hydrogen-bond acceptors (Lipinski definition) is 7. The molecule has 148 valence electrons. The van der Waals surface area contributed by atoms with E-state index in [1.54, 1.807) is 12.1 Å².